The summed E-state index contributed by atoms with van der Waals surface area (Å²) < 4.78 is 0. The lowest BCUT2D eigenvalue weighted by Crippen LogP contribution is -1.98. The van der Waals surface area contributed by atoms with Crippen LogP contribution in [-0.2, 0) is 0 Å². The van der Waals surface area contributed by atoms with Crippen molar-refractivity contribution in [3.8, 4) is 0 Å². The Balaban J connectivity index is 2.28. The van der Waals surface area contributed by atoms with Crippen LogP contribution in [0.1, 0.15) is 34.2 Å². The molecule has 1 aliphatic rings. The lowest BCUT2D eigenvalue weighted by molar-refractivity contribution is 1.01. The molecule has 0 saturated carbocycles. The lowest BCUT2D eigenvalue weighted by atomic mass is 9.91. The predicted molar refractivity (Wildman–Crippen MR) is 87.3 cm³/mol. The molecular formula is C19H19N. The molecule has 100 valence electrons. The van der Waals surface area contributed by atoms with E-state index in [0.29, 0.717) is 6.54 Å². The van der Waals surface area contributed by atoms with Crippen LogP contribution in [0, 0.1) is 6.92 Å². The summed E-state index contributed by atoms with van der Waals surface area (Å²) in [6, 6.07) is 15.1. The molecule has 0 aromatic heterocycles. The Morgan fingerprint density at radius 1 is 0.950 bits per heavy atom. The van der Waals surface area contributed by atoms with Crippen LogP contribution >= 0.6 is 0 Å². The molecule has 0 unspecified atom stereocenters. The molecule has 0 saturated heterocycles. The molecule has 0 spiro atoms. The van der Waals surface area contributed by atoms with Crippen LogP contribution in [0.2, 0.25) is 0 Å². The Bertz CT molecular complexity index is 693. The first-order valence-electron chi connectivity index (χ1n) is 7.09. The van der Waals surface area contributed by atoms with Crippen LogP contribution in [0.4, 0.5) is 0 Å². The molecule has 0 heterocycles. The van der Waals surface area contributed by atoms with Crippen LogP contribution in [0.3, 0.4) is 0 Å². The molecule has 0 fully saturated rings. The van der Waals surface area contributed by atoms with Crippen molar-refractivity contribution in [3.63, 3.8) is 0 Å². The molecule has 0 atom stereocenters. The van der Waals surface area contributed by atoms with E-state index in [1.165, 1.54) is 33.4 Å². The Kier molecular flexibility index (Phi) is 3.53. The van der Waals surface area contributed by atoms with E-state index in [9.17, 15) is 0 Å². The fraction of sp³-hybridized carbons (Fsp3) is 0.158. The van der Waals surface area contributed by atoms with Gasteiger partial charge in [0, 0.05) is 0 Å². The largest absolute Gasteiger partial charge is 0.330 e. The van der Waals surface area contributed by atoms with E-state index in [4.69, 9.17) is 5.73 Å². The highest BCUT2D eigenvalue weighted by atomic mass is 14.5. The fourth-order valence-electron chi connectivity index (χ4n) is 2.79. The maximum Gasteiger partial charge on any atom is -0.00423 e. The number of aryl methyl sites for hydroxylation is 1. The van der Waals surface area contributed by atoms with Gasteiger partial charge in [-0.25, -0.2) is 0 Å². The smallest absolute Gasteiger partial charge is 0.00423 e. The molecule has 20 heavy (non-hydrogen) atoms. The first kappa shape index (κ1) is 12.9. The van der Waals surface area contributed by atoms with Gasteiger partial charge < -0.3 is 5.73 Å². The van der Waals surface area contributed by atoms with Gasteiger partial charge in [0.15, 0.2) is 0 Å². The molecule has 1 heteroatoms. The number of hydrogen-bond donors (Lipinski definition) is 1. The van der Waals surface area contributed by atoms with Crippen LogP contribution < -0.4 is 5.73 Å². The van der Waals surface area contributed by atoms with Crippen LogP contribution in [0.5, 0.6) is 0 Å². The topological polar surface area (TPSA) is 26.0 Å². The van der Waals surface area contributed by atoms with E-state index in [2.05, 4.69) is 67.6 Å². The molecule has 2 aromatic rings. The third-order valence-electron chi connectivity index (χ3n) is 3.81. The maximum atomic E-state index is 5.69. The quantitative estimate of drug-likeness (QED) is 0.733. The first-order chi connectivity index (χ1) is 9.81. The summed E-state index contributed by atoms with van der Waals surface area (Å²) in [6.45, 7) is 2.85. The average molecular weight is 261 g/mol. The second-order valence-corrected chi connectivity index (χ2v) is 5.15. The van der Waals surface area contributed by atoms with Crippen molar-refractivity contribution in [2.75, 3.05) is 6.54 Å². The SMILES string of the molecule is Cc1cccc2c1C=Cc1ccccc1C2=CCCN. The fourth-order valence-corrected chi connectivity index (χ4v) is 2.79. The number of rotatable bonds is 2. The van der Waals surface area contributed by atoms with Crippen molar-refractivity contribution in [1.82, 2.24) is 0 Å². The number of fused-ring (bicyclic) bond motifs is 2. The van der Waals surface area contributed by atoms with Crippen molar-refractivity contribution in [1.29, 1.82) is 0 Å². The van der Waals surface area contributed by atoms with E-state index in [1.54, 1.807) is 0 Å². The molecule has 0 amide bonds. The zero-order valence-electron chi connectivity index (χ0n) is 11.8. The van der Waals surface area contributed by atoms with Crippen molar-refractivity contribution in [2.45, 2.75) is 13.3 Å². The molecule has 0 bridgehead atoms. The van der Waals surface area contributed by atoms with Crippen LogP contribution in [0.25, 0.3) is 17.7 Å². The van der Waals surface area contributed by atoms with Gasteiger partial charge in [-0.05, 0) is 53.3 Å². The van der Waals surface area contributed by atoms with Gasteiger partial charge in [0.25, 0.3) is 0 Å². The van der Waals surface area contributed by atoms with Crippen LogP contribution in [-0.4, -0.2) is 6.54 Å². The first-order valence-corrected chi connectivity index (χ1v) is 7.09. The van der Waals surface area contributed by atoms with Crippen molar-refractivity contribution in [3.05, 3.63) is 76.4 Å². The highest BCUT2D eigenvalue weighted by Gasteiger charge is 2.15. The average Bonchev–Trinajstić information content (AvgIpc) is 2.63. The standard InChI is InChI=1S/C19H19N/c1-14-6-4-9-18-16(14)12-11-15-7-2-3-8-17(15)19(18)10-5-13-20/h2-4,6-12H,5,13,20H2,1H3. The van der Waals surface area contributed by atoms with Gasteiger partial charge >= 0.3 is 0 Å². The second kappa shape index (κ2) is 5.48. The minimum Gasteiger partial charge on any atom is -0.330 e. The van der Waals surface area contributed by atoms with E-state index in [-0.39, 0.29) is 0 Å². The summed E-state index contributed by atoms with van der Waals surface area (Å²) in [5.41, 5.74) is 13.5. The normalized spacial score (nSPS) is 14.8. The van der Waals surface area contributed by atoms with Crippen molar-refractivity contribution < 1.29 is 0 Å². The third kappa shape index (κ3) is 2.21. The Morgan fingerprint density at radius 3 is 2.60 bits per heavy atom. The summed E-state index contributed by atoms with van der Waals surface area (Å²) >= 11 is 0. The highest BCUT2D eigenvalue weighted by Crippen LogP contribution is 2.35. The Hall–Kier alpha value is -2.12. The van der Waals surface area contributed by atoms with E-state index < -0.39 is 0 Å². The van der Waals surface area contributed by atoms with Gasteiger partial charge in [-0.1, -0.05) is 60.7 Å². The zero-order valence-corrected chi connectivity index (χ0v) is 11.8. The number of benzene rings is 2. The van der Waals surface area contributed by atoms with Crippen molar-refractivity contribution >= 4 is 17.7 Å². The molecule has 0 radical (unpaired) electrons. The van der Waals surface area contributed by atoms with Gasteiger partial charge in [-0.3, -0.25) is 0 Å². The maximum absolute atomic E-state index is 5.69. The summed E-state index contributed by atoms with van der Waals surface area (Å²) in [7, 11) is 0. The van der Waals surface area contributed by atoms with Gasteiger partial charge in [0.2, 0.25) is 0 Å². The molecule has 3 rings (SSSR count). The molecule has 2 N–H and O–H groups in total. The number of hydrogen-bond acceptors (Lipinski definition) is 1. The molecule has 2 aromatic carbocycles. The Labute approximate surface area is 120 Å². The number of nitrogens with two attached hydrogens (primary N) is 1. The monoisotopic (exact) mass is 261 g/mol. The third-order valence-corrected chi connectivity index (χ3v) is 3.81. The Morgan fingerprint density at radius 2 is 1.75 bits per heavy atom. The molecule has 1 nitrogen and oxygen atoms in total. The van der Waals surface area contributed by atoms with E-state index in [1.807, 2.05) is 0 Å². The summed E-state index contributed by atoms with van der Waals surface area (Å²) in [4.78, 5) is 0. The van der Waals surface area contributed by atoms with Crippen molar-refractivity contribution in [2.24, 2.45) is 5.73 Å². The van der Waals surface area contributed by atoms with Gasteiger partial charge in [0.05, 0.1) is 0 Å². The van der Waals surface area contributed by atoms with Gasteiger partial charge in [-0.15, -0.1) is 0 Å². The summed E-state index contributed by atoms with van der Waals surface area (Å²) in [6.07, 6.45) is 7.61. The van der Waals surface area contributed by atoms with Gasteiger partial charge in [-0.2, -0.15) is 0 Å². The minimum atomic E-state index is 0.681. The lowest BCUT2D eigenvalue weighted by Gasteiger charge is -2.13. The highest BCUT2D eigenvalue weighted by molar-refractivity contribution is 5.94. The summed E-state index contributed by atoms with van der Waals surface area (Å²) in [5.74, 6) is 0. The predicted octanol–water partition coefficient (Wildman–Crippen LogP) is 4.26. The minimum absolute atomic E-state index is 0.681. The van der Waals surface area contributed by atoms with Crippen LogP contribution in [0.15, 0.2) is 48.5 Å². The molecular weight excluding hydrogens is 242 g/mol. The molecule has 1 aliphatic carbocycles. The summed E-state index contributed by atoms with van der Waals surface area (Å²) in [5, 5.41) is 0. The van der Waals surface area contributed by atoms with E-state index in [0.717, 1.165) is 6.42 Å². The van der Waals surface area contributed by atoms with Gasteiger partial charge in [0.1, 0.15) is 0 Å². The molecule has 0 aliphatic heterocycles. The second-order valence-electron chi connectivity index (χ2n) is 5.15. The zero-order chi connectivity index (χ0) is 13.9. The van der Waals surface area contributed by atoms with E-state index >= 15 is 0 Å².